The molecule has 140 valence electrons. The average Bonchev–Trinajstić information content (AvgIpc) is 2.55. The third-order valence-corrected chi connectivity index (χ3v) is 5.92. The highest BCUT2D eigenvalue weighted by Crippen LogP contribution is 2.22. The molecule has 6 nitrogen and oxygen atoms in total. The number of aryl methyl sites for hydroxylation is 2. The maximum atomic E-state index is 12.0. The number of sulfonamides is 1. The van der Waals surface area contributed by atoms with Crippen LogP contribution in [0.3, 0.4) is 0 Å². The van der Waals surface area contributed by atoms with E-state index in [1.165, 1.54) is 10.6 Å². The smallest absolute Gasteiger partial charge is 0.223 e. The standard InChI is InChI=1S/C18H28N2O4S/c1-14-5-4-6-15(2)18(14)24-12-9-17(21)19-13-16-7-10-20(11-8-16)25(3,22)23/h4-6,16H,7-13H2,1-3H3,(H,19,21). The number of piperidine rings is 1. The fourth-order valence-corrected chi connectivity index (χ4v) is 3.94. The first-order valence-corrected chi connectivity index (χ1v) is 10.5. The van der Waals surface area contributed by atoms with Crippen LogP contribution in [-0.2, 0) is 14.8 Å². The Kier molecular flexibility index (Phi) is 6.84. The van der Waals surface area contributed by atoms with E-state index in [1.54, 1.807) is 0 Å². The maximum absolute atomic E-state index is 12.0. The molecule has 1 amide bonds. The van der Waals surface area contributed by atoms with E-state index < -0.39 is 10.0 Å². The number of amides is 1. The van der Waals surface area contributed by atoms with Gasteiger partial charge in [-0.15, -0.1) is 0 Å². The van der Waals surface area contributed by atoms with Crippen molar-refractivity contribution >= 4 is 15.9 Å². The van der Waals surface area contributed by atoms with E-state index in [1.807, 2.05) is 32.0 Å². The summed E-state index contributed by atoms with van der Waals surface area (Å²) in [7, 11) is -3.10. The topological polar surface area (TPSA) is 75.7 Å². The van der Waals surface area contributed by atoms with E-state index >= 15 is 0 Å². The van der Waals surface area contributed by atoms with Gasteiger partial charge in [-0.05, 0) is 43.7 Å². The summed E-state index contributed by atoms with van der Waals surface area (Å²) in [4.78, 5) is 12.0. The van der Waals surface area contributed by atoms with Crippen LogP contribution in [-0.4, -0.2) is 51.1 Å². The lowest BCUT2D eigenvalue weighted by Crippen LogP contribution is -2.41. The molecule has 2 rings (SSSR count). The highest BCUT2D eigenvalue weighted by Gasteiger charge is 2.24. The SMILES string of the molecule is Cc1cccc(C)c1OCCC(=O)NCC1CCN(S(C)(=O)=O)CC1. The average molecular weight is 368 g/mol. The Morgan fingerprint density at radius 3 is 2.40 bits per heavy atom. The lowest BCUT2D eigenvalue weighted by molar-refractivity contribution is -0.121. The highest BCUT2D eigenvalue weighted by molar-refractivity contribution is 7.88. The summed E-state index contributed by atoms with van der Waals surface area (Å²) in [6.07, 6.45) is 3.12. The first kappa shape index (κ1) is 19.7. The van der Waals surface area contributed by atoms with Gasteiger partial charge < -0.3 is 10.1 Å². The second-order valence-electron chi connectivity index (χ2n) is 6.73. The van der Waals surface area contributed by atoms with Crippen molar-refractivity contribution in [2.75, 3.05) is 32.5 Å². The minimum absolute atomic E-state index is 0.0308. The number of benzene rings is 1. The van der Waals surface area contributed by atoms with Crippen LogP contribution in [0.1, 0.15) is 30.4 Å². The van der Waals surface area contributed by atoms with Gasteiger partial charge >= 0.3 is 0 Å². The second kappa shape index (κ2) is 8.67. The lowest BCUT2D eigenvalue weighted by atomic mass is 9.98. The van der Waals surface area contributed by atoms with E-state index in [2.05, 4.69) is 5.32 Å². The Morgan fingerprint density at radius 2 is 1.84 bits per heavy atom. The monoisotopic (exact) mass is 368 g/mol. The van der Waals surface area contributed by atoms with E-state index in [-0.39, 0.29) is 5.91 Å². The van der Waals surface area contributed by atoms with E-state index in [9.17, 15) is 13.2 Å². The lowest BCUT2D eigenvalue weighted by Gasteiger charge is -2.30. The van der Waals surface area contributed by atoms with Gasteiger partial charge in [-0.3, -0.25) is 4.79 Å². The molecular formula is C18H28N2O4S. The molecule has 1 aliphatic heterocycles. The zero-order valence-electron chi connectivity index (χ0n) is 15.2. The molecule has 1 aliphatic rings. The second-order valence-corrected chi connectivity index (χ2v) is 8.71. The van der Waals surface area contributed by atoms with Crippen LogP contribution in [0.4, 0.5) is 0 Å². The van der Waals surface area contributed by atoms with Gasteiger partial charge in [0, 0.05) is 19.6 Å². The molecule has 1 fully saturated rings. The highest BCUT2D eigenvalue weighted by atomic mass is 32.2. The Hall–Kier alpha value is -1.60. The molecule has 0 aromatic heterocycles. The molecule has 7 heteroatoms. The van der Waals surface area contributed by atoms with Crippen molar-refractivity contribution in [1.29, 1.82) is 0 Å². The van der Waals surface area contributed by atoms with Gasteiger partial charge in [0.2, 0.25) is 15.9 Å². The molecule has 0 radical (unpaired) electrons. The first-order valence-electron chi connectivity index (χ1n) is 8.68. The number of hydrogen-bond acceptors (Lipinski definition) is 4. The van der Waals surface area contributed by atoms with Crippen molar-refractivity contribution in [3.63, 3.8) is 0 Å². The summed E-state index contributed by atoms with van der Waals surface area (Å²) in [5, 5.41) is 2.93. The van der Waals surface area contributed by atoms with Gasteiger partial charge in [0.15, 0.2) is 0 Å². The van der Waals surface area contributed by atoms with E-state index in [4.69, 9.17) is 4.74 Å². The van der Waals surface area contributed by atoms with Crippen LogP contribution in [0.5, 0.6) is 5.75 Å². The quantitative estimate of drug-likeness (QED) is 0.797. The third-order valence-electron chi connectivity index (χ3n) is 4.61. The van der Waals surface area contributed by atoms with Crippen LogP contribution in [0.25, 0.3) is 0 Å². The zero-order chi connectivity index (χ0) is 18.4. The number of carbonyl (C=O) groups excluding carboxylic acids is 1. The number of nitrogens with zero attached hydrogens (tertiary/aromatic N) is 1. The Morgan fingerprint density at radius 1 is 1.24 bits per heavy atom. The van der Waals surface area contributed by atoms with Crippen molar-refractivity contribution in [2.24, 2.45) is 5.92 Å². The van der Waals surface area contributed by atoms with Crippen LogP contribution in [0, 0.1) is 19.8 Å². The van der Waals surface area contributed by atoms with E-state index in [0.29, 0.717) is 38.6 Å². The molecule has 0 bridgehead atoms. The normalized spacial score (nSPS) is 16.6. The van der Waals surface area contributed by atoms with Crippen LogP contribution in [0.2, 0.25) is 0 Å². The summed E-state index contributed by atoms with van der Waals surface area (Å²) >= 11 is 0. The van der Waals surface area contributed by atoms with E-state index in [0.717, 1.165) is 29.7 Å². The molecule has 1 heterocycles. The number of para-hydroxylation sites is 1. The fraction of sp³-hybridized carbons (Fsp3) is 0.611. The molecule has 25 heavy (non-hydrogen) atoms. The molecule has 1 N–H and O–H groups in total. The largest absolute Gasteiger partial charge is 0.493 e. The molecule has 0 aliphatic carbocycles. The number of nitrogens with one attached hydrogen (secondary N) is 1. The summed E-state index contributed by atoms with van der Waals surface area (Å²) < 4.78 is 30.2. The fourth-order valence-electron chi connectivity index (χ4n) is 3.06. The minimum Gasteiger partial charge on any atom is -0.493 e. The number of ether oxygens (including phenoxy) is 1. The van der Waals surface area contributed by atoms with Crippen LogP contribution >= 0.6 is 0 Å². The molecule has 1 aromatic carbocycles. The summed E-state index contributed by atoms with van der Waals surface area (Å²) in [5.41, 5.74) is 2.14. The molecule has 1 aromatic rings. The number of rotatable bonds is 7. The predicted octanol–water partition coefficient (Wildman–Crippen LogP) is 1.86. The van der Waals surface area contributed by atoms with Crippen molar-refractivity contribution < 1.29 is 17.9 Å². The van der Waals surface area contributed by atoms with Gasteiger partial charge in [-0.25, -0.2) is 12.7 Å². The van der Waals surface area contributed by atoms with Crippen molar-refractivity contribution in [2.45, 2.75) is 33.1 Å². The minimum atomic E-state index is -3.10. The van der Waals surface area contributed by atoms with Gasteiger partial charge in [0.25, 0.3) is 0 Å². The van der Waals surface area contributed by atoms with Crippen molar-refractivity contribution in [1.82, 2.24) is 9.62 Å². The maximum Gasteiger partial charge on any atom is 0.223 e. The van der Waals surface area contributed by atoms with Gasteiger partial charge in [-0.2, -0.15) is 0 Å². The zero-order valence-corrected chi connectivity index (χ0v) is 16.1. The predicted molar refractivity (Wildman–Crippen MR) is 98.2 cm³/mol. The molecular weight excluding hydrogens is 340 g/mol. The molecule has 0 unspecified atom stereocenters. The Balaban J connectivity index is 1.67. The molecule has 0 atom stereocenters. The Bertz CT molecular complexity index is 675. The van der Waals surface area contributed by atoms with Crippen molar-refractivity contribution in [3.05, 3.63) is 29.3 Å². The molecule has 0 spiro atoms. The van der Waals surface area contributed by atoms with Crippen LogP contribution < -0.4 is 10.1 Å². The van der Waals surface area contributed by atoms with Crippen molar-refractivity contribution in [3.8, 4) is 5.75 Å². The molecule has 0 saturated carbocycles. The third kappa shape index (κ3) is 6.01. The molecule has 1 saturated heterocycles. The summed E-state index contributed by atoms with van der Waals surface area (Å²) in [6.45, 7) is 6.00. The Labute approximate surface area is 150 Å². The first-order chi connectivity index (χ1) is 11.8. The number of hydrogen-bond donors (Lipinski definition) is 1. The van der Waals surface area contributed by atoms with Gasteiger partial charge in [-0.1, -0.05) is 18.2 Å². The number of carbonyl (C=O) groups is 1. The van der Waals surface area contributed by atoms with Gasteiger partial charge in [0.05, 0.1) is 19.3 Å². The van der Waals surface area contributed by atoms with Crippen LogP contribution in [0.15, 0.2) is 18.2 Å². The summed E-state index contributed by atoms with van der Waals surface area (Å²) in [6, 6.07) is 5.97. The van der Waals surface area contributed by atoms with Gasteiger partial charge in [0.1, 0.15) is 5.75 Å². The summed E-state index contributed by atoms with van der Waals surface area (Å²) in [5.74, 6) is 1.15.